The standard InChI is InChI=1S/C18H28N2O/c1-14-7-4-5-8-16(14)18-17-13-20(9-6-10-21-3)12-15(17)11-19(18)2/h4-5,7-8,15,17-18H,6,9-13H2,1-3H3/t15-,17+,18-/m0/s1. The van der Waals surface area contributed by atoms with Gasteiger partial charge in [-0.2, -0.15) is 0 Å². The Morgan fingerprint density at radius 3 is 2.76 bits per heavy atom. The van der Waals surface area contributed by atoms with Crippen LogP contribution in [0.2, 0.25) is 0 Å². The number of hydrogen-bond donors (Lipinski definition) is 0. The van der Waals surface area contributed by atoms with E-state index in [4.69, 9.17) is 4.74 Å². The molecule has 0 aromatic heterocycles. The highest BCUT2D eigenvalue weighted by atomic mass is 16.5. The predicted octanol–water partition coefficient (Wildman–Crippen LogP) is 2.57. The summed E-state index contributed by atoms with van der Waals surface area (Å²) in [5.41, 5.74) is 2.97. The van der Waals surface area contributed by atoms with Crippen LogP contribution in [-0.2, 0) is 4.74 Å². The van der Waals surface area contributed by atoms with Gasteiger partial charge in [0.15, 0.2) is 0 Å². The van der Waals surface area contributed by atoms with Gasteiger partial charge in [0.1, 0.15) is 0 Å². The van der Waals surface area contributed by atoms with Crippen molar-refractivity contribution in [2.24, 2.45) is 11.8 Å². The molecular formula is C18H28N2O. The quantitative estimate of drug-likeness (QED) is 0.775. The van der Waals surface area contributed by atoms with E-state index in [1.54, 1.807) is 7.11 Å². The smallest absolute Gasteiger partial charge is 0.0474 e. The van der Waals surface area contributed by atoms with E-state index in [1.165, 1.54) is 37.3 Å². The number of benzene rings is 1. The molecule has 3 nitrogen and oxygen atoms in total. The second-order valence-electron chi connectivity index (χ2n) is 6.77. The van der Waals surface area contributed by atoms with Crippen molar-refractivity contribution in [2.45, 2.75) is 19.4 Å². The first-order valence-corrected chi connectivity index (χ1v) is 8.17. The molecule has 1 aromatic carbocycles. The first-order valence-electron chi connectivity index (χ1n) is 8.17. The average Bonchev–Trinajstić information content (AvgIpc) is 2.96. The first-order chi connectivity index (χ1) is 10.2. The van der Waals surface area contributed by atoms with Crippen LogP contribution in [0.5, 0.6) is 0 Å². The molecule has 3 atom stereocenters. The number of methoxy groups -OCH3 is 1. The molecule has 0 spiro atoms. The van der Waals surface area contributed by atoms with E-state index in [9.17, 15) is 0 Å². The van der Waals surface area contributed by atoms with Crippen LogP contribution in [0.25, 0.3) is 0 Å². The van der Waals surface area contributed by atoms with Gasteiger partial charge in [-0.15, -0.1) is 0 Å². The molecule has 2 aliphatic rings. The van der Waals surface area contributed by atoms with Gasteiger partial charge < -0.3 is 9.64 Å². The van der Waals surface area contributed by atoms with Crippen LogP contribution in [0.3, 0.4) is 0 Å². The fourth-order valence-electron chi connectivity index (χ4n) is 4.35. The van der Waals surface area contributed by atoms with Crippen molar-refractivity contribution in [1.29, 1.82) is 0 Å². The summed E-state index contributed by atoms with van der Waals surface area (Å²) in [5.74, 6) is 1.63. The van der Waals surface area contributed by atoms with Crippen LogP contribution in [-0.4, -0.2) is 56.7 Å². The van der Waals surface area contributed by atoms with Crippen LogP contribution in [0.15, 0.2) is 24.3 Å². The molecule has 2 saturated heterocycles. The topological polar surface area (TPSA) is 15.7 Å². The molecule has 3 rings (SSSR count). The number of fused-ring (bicyclic) bond motifs is 1. The molecule has 2 heterocycles. The summed E-state index contributed by atoms with van der Waals surface area (Å²) in [6.45, 7) is 8.07. The molecule has 3 heteroatoms. The number of aryl methyl sites for hydroxylation is 1. The van der Waals surface area contributed by atoms with E-state index in [-0.39, 0.29) is 0 Å². The molecule has 0 saturated carbocycles. The van der Waals surface area contributed by atoms with Crippen molar-refractivity contribution in [3.63, 3.8) is 0 Å². The zero-order valence-corrected chi connectivity index (χ0v) is 13.6. The molecule has 0 unspecified atom stereocenters. The van der Waals surface area contributed by atoms with Gasteiger partial charge in [-0.1, -0.05) is 24.3 Å². The normalized spacial score (nSPS) is 30.0. The Morgan fingerprint density at radius 2 is 2.00 bits per heavy atom. The number of hydrogen-bond acceptors (Lipinski definition) is 3. The van der Waals surface area contributed by atoms with Gasteiger partial charge in [-0.25, -0.2) is 0 Å². The molecule has 0 aliphatic carbocycles. The van der Waals surface area contributed by atoms with Crippen molar-refractivity contribution >= 4 is 0 Å². The van der Waals surface area contributed by atoms with Gasteiger partial charge >= 0.3 is 0 Å². The Hall–Kier alpha value is -0.900. The summed E-state index contributed by atoms with van der Waals surface area (Å²) in [4.78, 5) is 5.22. The van der Waals surface area contributed by atoms with Crippen LogP contribution >= 0.6 is 0 Å². The second kappa shape index (κ2) is 6.47. The van der Waals surface area contributed by atoms with Crippen LogP contribution < -0.4 is 0 Å². The Balaban J connectivity index is 1.70. The van der Waals surface area contributed by atoms with Crippen LogP contribution in [0, 0.1) is 18.8 Å². The van der Waals surface area contributed by atoms with Crippen molar-refractivity contribution in [2.75, 3.05) is 46.9 Å². The van der Waals surface area contributed by atoms with Gasteiger partial charge in [-0.05, 0) is 43.4 Å². The molecule has 0 radical (unpaired) electrons. The second-order valence-corrected chi connectivity index (χ2v) is 6.77. The highest BCUT2D eigenvalue weighted by Crippen LogP contribution is 2.44. The lowest BCUT2D eigenvalue weighted by Gasteiger charge is -2.28. The number of nitrogens with zero attached hydrogens (tertiary/aromatic N) is 2. The average molecular weight is 288 g/mol. The van der Waals surface area contributed by atoms with Crippen LogP contribution in [0.1, 0.15) is 23.6 Å². The van der Waals surface area contributed by atoms with E-state index < -0.39 is 0 Å². The molecule has 116 valence electrons. The maximum atomic E-state index is 5.18. The minimum Gasteiger partial charge on any atom is -0.385 e. The Labute approximate surface area is 128 Å². The highest BCUT2D eigenvalue weighted by Gasteiger charge is 2.46. The van der Waals surface area contributed by atoms with Crippen LogP contribution in [0.4, 0.5) is 0 Å². The third-order valence-electron chi connectivity index (χ3n) is 5.30. The zero-order chi connectivity index (χ0) is 14.8. The van der Waals surface area contributed by atoms with E-state index in [0.29, 0.717) is 6.04 Å². The minimum atomic E-state index is 0.601. The SMILES string of the molecule is COCCCN1C[C@@H]2CN(C)[C@@H](c3ccccc3C)[C@@H]2C1. The molecule has 0 N–H and O–H groups in total. The summed E-state index contributed by atoms with van der Waals surface area (Å²) in [7, 11) is 4.09. The van der Waals surface area contributed by atoms with E-state index in [1.807, 2.05) is 0 Å². The number of likely N-dealkylation sites (tertiary alicyclic amines) is 2. The summed E-state index contributed by atoms with van der Waals surface area (Å²) >= 11 is 0. The van der Waals surface area contributed by atoms with Crippen molar-refractivity contribution < 1.29 is 4.74 Å². The van der Waals surface area contributed by atoms with Crippen molar-refractivity contribution in [1.82, 2.24) is 9.80 Å². The van der Waals surface area contributed by atoms with E-state index in [2.05, 4.69) is 48.0 Å². The number of ether oxygens (including phenoxy) is 1. The summed E-state index contributed by atoms with van der Waals surface area (Å²) in [5, 5.41) is 0. The number of rotatable bonds is 5. The molecule has 21 heavy (non-hydrogen) atoms. The minimum absolute atomic E-state index is 0.601. The van der Waals surface area contributed by atoms with E-state index in [0.717, 1.165) is 24.9 Å². The molecule has 1 aromatic rings. The lowest BCUT2D eigenvalue weighted by Crippen LogP contribution is -2.30. The predicted molar refractivity (Wildman–Crippen MR) is 86.5 cm³/mol. The monoisotopic (exact) mass is 288 g/mol. The lowest BCUT2D eigenvalue weighted by atomic mass is 9.88. The van der Waals surface area contributed by atoms with Crippen molar-refractivity contribution in [3.8, 4) is 0 Å². The Bertz CT molecular complexity index is 476. The summed E-state index contributed by atoms with van der Waals surface area (Å²) < 4.78 is 5.18. The molecular weight excluding hydrogens is 260 g/mol. The van der Waals surface area contributed by atoms with Crippen molar-refractivity contribution in [3.05, 3.63) is 35.4 Å². The third-order valence-corrected chi connectivity index (χ3v) is 5.30. The van der Waals surface area contributed by atoms with E-state index >= 15 is 0 Å². The molecule has 0 amide bonds. The zero-order valence-electron chi connectivity index (χ0n) is 13.6. The fourth-order valence-corrected chi connectivity index (χ4v) is 4.35. The largest absolute Gasteiger partial charge is 0.385 e. The summed E-state index contributed by atoms with van der Waals surface area (Å²) in [6.07, 6.45) is 1.15. The van der Waals surface area contributed by atoms with Gasteiger partial charge in [0, 0.05) is 45.9 Å². The third kappa shape index (κ3) is 3.01. The van der Waals surface area contributed by atoms with Gasteiger partial charge in [-0.3, -0.25) is 4.90 Å². The maximum Gasteiger partial charge on any atom is 0.0474 e. The molecule has 0 bridgehead atoms. The molecule has 2 aliphatic heterocycles. The Morgan fingerprint density at radius 1 is 1.19 bits per heavy atom. The molecule has 2 fully saturated rings. The fraction of sp³-hybridized carbons (Fsp3) is 0.667. The highest BCUT2D eigenvalue weighted by molar-refractivity contribution is 5.31. The van der Waals surface area contributed by atoms with Gasteiger partial charge in [0.2, 0.25) is 0 Å². The summed E-state index contributed by atoms with van der Waals surface area (Å²) in [6, 6.07) is 9.52. The first kappa shape index (κ1) is 15.0. The van der Waals surface area contributed by atoms with Gasteiger partial charge in [0.05, 0.1) is 0 Å². The maximum absolute atomic E-state index is 5.18. The Kier molecular flexibility index (Phi) is 4.63. The lowest BCUT2D eigenvalue weighted by molar-refractivity contribution is 0.171. The van der Waals surface area contributed by atoms with Gasteiger partial charge in [0.25, 0.3) is 0 Å².